The van der Waals surface area contributed by atoms with Crippen LogP contribution in [0.15, 0.2) is 243 Å². The van der Waals surface area contributed by atoms with Crippen LogP contribution in [0.3, 0.4) is 0 Å². The van der Waals surface area contributed by atoms with Gasteiger partial charge < -0.3 is 20.3 Å². The minimum atomic E-state index is 0.530. The molecule has 1 aliphatic carbocycles. The van der Waals surface area contributed by atoms with E-state index in [1.54, 1.807) is 18.4 Å². The van der Waals surface area contributed by atoms with E-state index in [1.807, 2.05) is 75.4 Å². The van der Waals surface area contributed by atoms with Crippen LogP contribution >= 0.6 is 0 Å². The molecule has 6 aromatic carbocycles. The zero-order chi connectivity index (χ0) is 46.3. The maximum Gasteiger partial charge on any atom is 0.0543 e. The third kappa shape index (κ3) is 10.1. The molecule has 0 fully saturated rings. The van der Waals surface area contributed by atoms with Gasteiger partial charge in [0.25, 0.3) is 0 Å². The maximum absolute atomic E-state index is 8.87. The number of nitrogens with one attached hydrogen (secondary N) is 1. The lowest BCUT2D eigenvalue weighted by Crippen LogP contribution is -2.01. The van der Waals surface area contributed by atoms with Crippen LogP contribution in [0.1, 0.15) is 49.6 Å². The molecular formula is C62H58N4. The molecule has 0 spiro atoms. The van der Waals surface area contributed by atoms with Crippen LogP contribution in [-0.2, 0) is 6.42 Å². The van der Waals surface area contributed by atoms with E-state index in [1.165, 1.54) is 49.6 Å². The van der Waals surface area contributed by atoms with Crippen molar-refractivity contribution >= 4 is 50.1 Å². The molecule has 2 heterocycles. The maximum atomic E-state index is 8.87. The first-order chi connectivity index (χ1) is 32.5. The molecule has 4 heteroatoms. The van der Waals surface area contributed by atoms with E-state index in [9.17, 15) is 0 Å². The molecule has 0 saturated carbocycles. The first kappa shape index (κ1) is 45.8. The van der Waals surface area contributed by atoms with Gasteiger partial charge in [0.15, 0.2) is 0 Å². The van der Waals surface area contributed by atoms with Gasteiger partial charge in [-0.05, 0) is 119 Å². The smallest absolute Gasteiger partial charge is 0.0543 e. The summed E-state index contributed by atoms with van der Waals surface area (Å²) in [4.78, 5) is 0. The highest BCUT2D eigenvalue weighted by Crippen LogP contribution is 2.40. The molecular weight excluding hydrogens is 801 g/mol. The summed E-state index contributed by atoms with van der Waals surface area (Å²) in [6, 6.07) is 52.2. The van der Waals surface area contributed by atoms with Gasteiger partial charge in [-0.1, -0.05) is 185 Å². The number of nitrogens with two attached hydrogens (primary N) is 1. The van der Waals surface area contributed by atoms with E-state index in [2.05, 4.69) is 180 Å². The molecule has 4 nitrogen and oxygen atoms in total. The van der Waals surface area contributed by atoms with Gasteiger partial charge >= 0.3 is 0 Å². The molecule has 1 aliphatic rings. The monoisotopic (exact) mass is 858 g/mol. The van der Waals surface area contributed by atoms with Crippen molar-refractivity contribution in [3.8, 4) is 22.5 Å². The number of hydrogen-bond acceptors (Lipinski definition) is 2. The lowest BCUT2D eigenvalue weighted by atomic mass is 9.95. The molecule has 2 aromatic heterocycles. The van der Waals surface area contributed by atoms with Crippen molar-refractivity contribution in [1.29, 1.82) is 5.41 Å². The number of allylic oxidation sites excluding steroid dienone is 13. The summed E-state index contributed by atoms with van der Waals surface area (Å²) in [5.74, 6) is 0. The fraction of sp³-hybridized carbons (Fsp3) is 0.0806. The van der Waals surface area contributed by atoms with Crippen molar-refractivity contribution in [2.24, 2.45) is 5.73 Å². The zero-order valence-electron chi connectivity index (χ0n) is 38.2. The van der Waals surface area contributed by atoms with E-state index in [0.29, 0.717) is 12.1 Å². The lowest BCUT2D eigenvalue weighted by Gasteiger charge is -2.14. The summed E-state index contributed by atoms with van der Waals surface area (Å²) in [5.41, 5.74) is 21.2. The number of aromatic nitrogens is 2. The zero-order valence-corrected chi connectivity index (χ0v) is 38.2. The van der Waals surface area contributed by atoms with Crippen LogP contribution in [-0.4, -0.2) is 14.8 Å². The Kier molecular flexibility index (Phi) is 15.6. The second-order valence-corrected chi connectivity index (χ2v) is 15.5. The fourth-order valence-electron chi connectivity index (χ4n) is 8.49. The standard InChI is InChI=1S/C55H44N4.C5H8.C2H6/c1-2-3-4-5-10-21-44(57)38-49(40-18-8-6-9-19-40)43-20-15-24-46(35-43)59-52-26-14-13-25-47(52)51-36-41(29-32-54(51)59)42-28-30-48-50-34-39(17-16-33-56)27-31-53(50)58(55(48)37-42)45-22-11-7-12-23-45;1-3-5-4-2;1-2/h2-20,22-33,35-38,57H,1,21,34,56H2;3-5H,1H2,2H3;1-2H3/b4-3-,10-5-,33-16-,39-17-,49-38-,57-44?;5-4-;. The highest BCUT2D eigenvalue weighted by Gasteiger charge is 2.21. The third-order valence-electron chi connectivity index (χ3n) is 11.4. The number of benzene rings is 6. The molecule has 8 aromatic rings. The van der Waals surface area contributed by atoms with E-state index >= 15 is 0 Å². The van der Waals surface area contributed by atoms with E-state index in [-0.39, 0.29) is 0 Å². The molecule has 3 N–H and O–H groups in total. The molecule has 326 valence electrons. The predicted molar refractivity (Wildman–Crippen MR) is 288 cm³/mol. The molecule has 0 aliphatic heterocycles. The molecule has 9 rings (SSSR count). The van der Waals surface area contributed by atoms with Crippen LogP contribution in [0.2, 0.25) is 0 Å². The summed E-state index contributed by atoms with van der Waals surface area (Å²) >= 11 is 0. The van der Waals surface area contributed by atoms with Crippen LogP contribution in [0.4, 0.5) is 0 Å². The van der Waals surface area contributed by atoms with Crippen molar-refractivity contribution in [3.63, 3.8) is 0 Å². The van der Waals surface area contributed by atoms with Crippen LogP contribution < -0.4 is 5.73 Å². The fourth-order valence-corrected chi connectivity index (χ4v) is 8.49. The van der Waals surface area contributed by atoms with Gasteiger partial charge in [-0.25, -0.2) is 0 Å². The summed E-state index contributed by atoms with van der Waals surface area (Å²) < 4.78 is 4.77. The van der Waals surface area contributed by atoms with Gasteiger partial charge in [0.1, 0.15) is 0 Å². The Labute approximate surface area is 390 Å². The van der Waals surface area contributed by atoms with Gasteiger partial charge in [0, 0.05) is 46.1 Å². The Balaban J connectivity index is 0.000000869. The molecule has 0 unspecified atom stereocenters. The van der Waals surface area contributed by atoms with Crippen molar-refractivity contribution in [2.75, 3.05) is 0 Å². The topological polar surface area (TPSA) is 59.7 Å². The average Bonchev–Trinajstić information content (AvgIpc) is 3.88. The number of rotatable bonds is 12. The Morgan fingerprint density at radius 1 is 0.606 bits per heavy atom. The van der Waals surface area contributed by atoms with Crippen molar-refractivity contribution in [2.45, 2.75) is 33.6 Å². The number of nitrogens with zero attached hydrogens (tertiary/aromatic N) is 2. The third-order valence-corrected chi connectivity index (χ3v) is 11.4. The minimum Gasteiger partial charge on any atom is -0.405 e. The molecule has 0 saturated heterocycles. The first-order valence-electron chi connectivity index (χ1n) is 22.7. The highest BCUT2D eigenvalue weighted by molar-refractivity contribution is 6.11. The van der Waals surface area contributed by atoms with Crippen molar-refractivity contribution < 1.29 is 0 Å². The Morgan fingerprint density at radius 2 is 1.29 bits per heavy atom. The summed E-state index contributed by atoms with van der Waals surface area (Å²) in [6.07, 6.45) is 28.5. The summed E-state index contributed by atoms with van der Waals surface area (Å²) in [7, 11) is 0. The van der Waals surface area contributed by atoms with Crippen molar-refractivity contribution in [3.05, 3.63) is 266 Å². The SMILES string of the molecule is C=C/C=C\C.C=C/C=C\C=C/CC(=N)/C=C(/c1ccccc1)c1cccc(-n2c3ccccc3c3cc(-c4ccc5c6c(n(-c7ccccc7)c5c4)C=C/C(=C/C=C\N)C6)ccc32)c1.CC. The average molecular weight is 859 g/mol. The minimum absolute atomic E-state index is 0.530. The number of para-hydroxylation sites is 2. The van der Waals surface area contributed by atoms with E-state index in [4.69, 9.17) is 11.1 Å². The first-order valence-corrected chi connectivity index (χ1v) is 22.7. The second-order valence-electron chi connectivity index (χ2n) is 15.5. The lowest BCUT2D eigenvalue weighted by molar-refractivity contribution is 1.06. The number of fused-ring (bicyclic) bond motifs is 6. The summed E-state index contributed by atoms with van der Waals surface area (Å²) in [6.45, 7) is 13.2. The summed E-state index contributed by atoms with van der Waals surface area (Å²) in [5, 5.41) is 12.5. The normalized spacial score (nSPS) is 13.1. The van der Waals surface area contributed by atoms with Crippen LogP contribution in [0.25, 0.3) is 66.9 Å². The molecule has 0 atom stereocenters. The Hall–Kier alpha value is -8.21. The van der Waals surface area contributed by atoms with Gasteiger partial charge in [-0.3, -0.25) is 0 Å². The quantitative estimate of drug-likeness (QED) is 0.0933. The Bertz CT molecular complexity index is 3210. The van der Waals surface area contributed by atoms with Crippen LogP contribution in [0, 0.1) is 5.41 Å². The van der Waals surface area contributed by atoms with Gasteiger partial charge in [-0.15, -0.1) is 0 Å². The van der Waals surface area contributed by atoms with Gasteiger partial charge in [0.05, 0.1) is 22.2 Å². The van der Waals surface area contributed by atoms with Gasteiger partial charge in [-0.2, -0.15) is 0 Å². The number of hydrogen-bond donors (Lipinski definition) is 2. The van der Waals surface area contributed by atoms with Gasteiger partial charge in [0.2, 0.25) is 0 Å². The largest absolute Gasteiger partial charge is 0.405 e. The van der Waals surface area contributed by atoms with Crippen LogP contribution in [0.5, 0.6) is 0 Å². The Morgan fingerprint density at radius 3 is 2.03 bits per heavy atom. The molecule has 0 radical (unpaired) electrons. The predicted octanol–water partition coefficient (Wildman–Crippen LogP) is 16.3. The van der Waals surface area contributed by atoms with Crippen molar-refractivity contribution in [1.82, 2.24) is 9.13 Å². The molecule has 0 bridgehead atoms. The second kappa shape index (κ2) is 22.4. The highest BCUT2D eigenvalue weighted by atomic mass is 15.0. The molecule has 0 amide bonds. The molecule has 66 heavy (non-hydrogen) atoms. The van der Waals surface area contributed by atoms with E-state index in [0.717, 1.165) is 45.5 Å². The van der Waals surface area contributed by atoms with E-state index < -0.39 is 0 Å².